The van der Waals surface area contributed by atoms with Gasteiger partial charge in [-0.15, -0.1) is 0 Å². The van der Waals surface area contributed by atoms with Gasteiger partial charge in [-0.05, 0) is 48.6 Å². The van der Waals surface area contributed by atoms with E-state index in [1.807, 2.05) is 0 Å². The molecule has 9 heteroatoms. The van der Waals surface area contributed by atoms with Crippen LogP contribution in [0.5, 0.6) is 0 Å². The van der Waals surface area contributed by atoms with Crippen LogP contribution in [0.25, 0.3) is 0 Å². The van der Waals surface area contributed by atoms with E-state index in [1.54, 1.807) is 30.3 Å². The van der Waals surface area contributed by atoms with Gasteiger partial charge in [-0.3, -0.25) is 0 Å². The fourth-order valence-electron chi connectivity index (χ4n) is 1.61. The molecule has 0 aliphatic heterocycles. The summed E-state index contributed by atoms with van der Waals surface area (Å²) in [5.74, 6) is 0. The molecule has 0 aromatic heterocycles. The number of anilines is 2. The topological polar surface area (TPSA) is 84.2 Å². The van der Waals surface area contributed by atoms with Gasteiger partial charge in [-0.2, -0.15) is 0 Å². The molecule has 22 heavy (non-hydrogen) atoms. The Balaban J connectivity index is 2.08. The molecule has 2 rings (SSSR count). The predicted octanol–water partition coefficient (Wildman–Crippen LogP) is 3.45. The highest BCUT2D eigenvalue weighted by atomic mass is 35.5. The summed E-state index contributed by atoms with van der Waals surface area (Å²) in [6.45, 7) is 0. The molecule has 0 radical (unpaired) electrons. The van der Waals surface area contributed by atoms with Crippen molar-refractivity contribution < 1.29 is 8.42 Å². The van der Waals surface area contributed by atoms with Gasteiger partial charge >= 0.3 is 0 Å². The third-order valence-corrected chi connectivity index (χ3v) is 4.59. The average Bonchev–Trinajstić information content (AvgIpc) is 2.43. The second-order valence-corrected chi connectivity index (χ2v) is 7.00. The normalized spacial score (nSPS) is 11.0. The Morgan fingerprint density at radius 2 is 1.68 bits per heavy atom. The van der Waals surface area contributed by atoms with Gasteiger partial charge in [-0.1, -0.05) is 29.3 Å². The molecule has 0 saturated heterocycles. The first-order chi connectivity index (χ1) is 10.3. The van der Waals surface area contributed by atoms with Crippen LogP contribution >= 0.6 is 35.4 Å². The zero-order valence-electron chi connectivity index (χ0n) is 11.0. The Kier molecular flexibility index (Phi) is 5.25. The minimum atomic E-state index is -3.72. The summed E-state index contributed by atoms with van der Waals surface area (Å²) in [4.78, 5) is 0.0230. The number of nitrogens with two attached hydrogens (primary N) is 1. The summed E-state index contributed by atoms with van der Waals surface area (Å²) in [5.41, 5.74) is 1.16. The molecule has 0 bridgehead atoms. The third kappa shape index (κ3) is 4.31. The molecule has 0 heterocycles. The summed E-state index contributed by atoms with van der Waals surface area (Å²) in [5, 5.41) is 11.9. The van der Waals surface area contributed by atoms with E-state index in [9.17, 15) is 8.42 Å². The van der Waals surface area contributed by atoms with E-state index in [2.05, 4.69) is 10.6 Å². The van der Waals surface area contributed by atoms with Gasteiger partial charge in [0.15, 0.2) is 5.11 Å². The first kappa shape index (κ1) is 17.0. The van der Waals surface area contributed by atoms with Crippen LogP contribution in [0.4, 0.5) is 11.4 Å². The maximum Gasteiger partial charge on any atom is 0.238 e. The van der Waals surface area contributed by atoms with Crippen molar-refractivity contribution in [1.82, 2.24) is 0 Å². The van der Waals surface area contributed by atoms with Crippen LogP contribution in [0, 0.1) is 0 Å². The Bertz CT molecular complexity index is 809. The highest BCUT2D eigenvalue weighted by molar-refractivity contribution is 7.89. The first-order valence-corrected chi connectivity index (χ1v) is 8.63. The Labute approximate surface area is 143 Å². The molecule has 0 atom stereocenters. The van der Waals surface area contributed by atoms with E-state index in [4.69, 9.17) is 40.6 Å². The number of benzene rings is 2. The minimum Gasteiger partial charge on any atom is -0.332 e. The Hall–Kier alpha value is -1.38. The maximum atomic E-state index is 11.2. The van der Waals surface area contributed by atoms with Gasteiger partial charge < -0.3 is 10.6 Å². The molecular weight excluding hydrogens is 365 g/mol. The van der Waals surface area contributed by atoms with Crippen LogP contribution in [0.1, 0.15) is 0 Å². The van der Waals surface area contributed by atoms with Crippen molar-refractivity contribution in [3.63, 3.8) is 0 Å². The standard InChI is InChI=1S/C13H11Cl2N3O2S2/c14-10-2-1-3-11(12(10)15)18-13(21)17-8-4-6-9(7-5-8)22(16,19)20/h1-7H,(H2,16,19,20)(H2,17,18,21). The van der Waals surface area contributed by atoms with Crippen LogP contribution in [-0.4, -0.2) is 13.5 Å². The molecular formula is C13H11Cl2N3O2S2. The fraction of sp³-hybridized carbons (Fsp3) is 0. The van der Waals surface area contributed by atoms with Crippen molar-refractivity contribution >= 4 is 61.9 Å². The molecule has 0 fully saturated rings. The van der Waals surface area contributed by atoms with E-state index in [1.165, 1.54) is 12.1 Å². The molecule has 0 amide bonds. The van der Waals surface area contributed by atoms with Crippen molar-refractivity contribution in [1.29, 1.82) is 0 Å². The van der Waals surface area contributed by atoms with Gasteiger partial charge in [0.2, 0.25) is 10.0 Å². The zero-order chi connectivity index (χ0) is 16.3. The molecule has 116 valence electrons. The largest absolute Gasteiger partial charge is 0.332 e. The molecule has 5 nitrogen and oxygen atoms in total. The fourth-order valence-corrected chi connectivity index (χ4v) is 2.70. The van der Waals surface area contributed by atoms with Gasteiger partial charge in [0.25, 0.3) is 0 Å². The average molecular weight is 376 g/mol. The van der Waals surface area contributed by atoms with Crippen LogP contribution in [0.15, 0.2) is 47.4 Å². The summed E-state index contributed by atoms with van der Waals surface area (Å²) in [6, 6.07) is 11.0. The van der Waals surface area contributed by atoms with Crippen LogP contribution in [0.3, 0.4) is 0 Å². The van der Waals surface area contributed by atoms with E-state index < -0.39 is 10.0 Å². The second-order valence-electron chi connectivity index (χ2n) is 4.25. The van der Waals surface area contributed by atoms with Crippen molar-refractivity contribution in [3.8, 4) is 0 Å². The highest BCUT2D eigenvalue weighted by Crippen LogP contribution is 2.29. The summed E-state index contributed by atoms with van der Waals surface area (Å²) < 4.78 is 22.3. The van der Waals surface area contributed by atoms with Crippen LogP contribution < -0.4 is 15.8 Å². The number of hydrogen-bond acceptors (Lipinski definition) is 3. The van der Waals surface area contributed by atoms with E-state index in [0.29, 0.717) is 21.4 Å². The van der Waals surface area contributed by atoms with Gasteiger partial charge in [-0.25, -0.2) is 13.6 Å². The Morgan fingerprint density at radius 3 is 2.27 bits per heavy atom. The molecule has 4 N–H and O–H groups in total. The van der Waals surface area contributed by atoms with Crippen molar-refractivity contribution in [2.24, 2.45) is 5.14 Å². The third-order valence-electron chi connectivity index (χ3n) is 2.64. The number of rotatable bonds is 3. The number of sulfonamides is 1. The number of nitrogens with one attached hydrogen (secondary N) is 2. The molecule has 0 aliphatic carbocycles. The number of thiocarbonyl (C=S) groups is 1. The SMILES string of the molecule is NS(=O)(=O)c1ccc(NC(=S)Nc2cccc(Cl)c2Cl)cc1. The lowest BCUT2D eigenvalue weighted by Crippen LogP contribution is -2.19. The summed E-state index contributed by atoms with van der Waals surface area (Å²) in [6.07, 6.45) is 0. The van der Waals surface area contributed by atoms with Crippen LogP contribution in [-0.2, 0) is 10.0 Å². The summed E-state index contributed by atoms with van der Waals surface area (Å²) >= 11 is 17.1. The highest BCUT2D eigenvalue weighted by Gasteiger charge is 2.08. The monoisotopic (exact) mass is 375 g/mol. The van der Waals surface area contributed by atoms with Crippen LogP contribution in [0.2, 0.25) is 10.0 Å². The van der Waals surface area contributed by atoms with E-state index in [-0.39, 0.29) is 10.0 Å². The zero-order valence-corrected chi connectivity index (χ0v) is 14.2. The van der Waals surface area contributed by atoms with Gasteiger partial charge in [0.1, 0.15) is 0 Å². The lowest BCUT2D eigenvalue weighted by atomic mass is 10.3. The van der Waals surface area contributed by atoms with E-state index in [0.717, 1.165) is 0 Å². The molecule has 0 saturated carbocycles. The molecule has 2 aromatic rings. The quantitative estimate of drug-likeness (QED) is 0.715. The lowest BCUT2D eigenvalue weighted by molar-refractivity contribution is 0.598. The maximum absolute atomic E-state index is 11.2. The number of hydrogen-bond donors (Lipinski definition) is 3. The Morgan fingerprint density at radius 1 is 1.05 bits per heavy atom. The van der Waals surface area contributed by atoms with Crippen molar-refractivity contribution in [3.05, 3.63) is 52.5 Å². The van der Waals surface area contributed by atoms with Gasteiger partial charge in [0, 0.05) is 5.69 Å². The molecule has 0 spiro atoms. The second kappa shape index (κ2) is 6.80. The van der Waals surface area contributed by atoms with Gasteiger partial charge in [0.05, 0.1) is 20.6 Å². The smallest absolute Gasteiger partial charge is 0.238 e. The number of primary sulfonamides is 1. The molecule has 0 aliphatic rings. The lowest BCUT2D eigenvalue weighted by Gasteiger charge is -2.12. The number of halogens is 2. The molecule has 0 unspecified atom stereocenters. The first-order valence-electron chi connectivity index (χ1n) is 5.92. The minimum absolute atomic E-state index is 0.0230. The predicted molar refractivity (Wildman–Crippen MR) is 94.1 cm³/mol. The molecule has 2 aromatic carbocycles. The van der Waals surface area contributed by atoms with E-state index >= 15 is 0 Å². The summed E-state index contributed by atoms with van der Waals surface area (Å²) in [7, 11) is -3.72. The van der Waals surface area contributed by atoms with Crippen molar-refractivity contribution in [2.45, 2.75) is 4.90 Å². The van der Waals surface area contributed by atoms with Crippen molar-refractivity contribution in [2.75, 3.05) is 10.6 Å².